The lowest BCUT2D eigenvalue weighted by Crippen LogP contribution is -2.27. The number of nitrogens with zero attached hydrogens (tertiary/aromatic N) is 1. The molecule has 1 atom stereocenters. The van der Waals surface area contributed by atoms with Crippen LogP contribution in [-0.4, -0.2) is 25.3 Å². The van der Waals surface area contributed by atoms with Crippen LogP contribution in [0.1, 0.15) is 89.0 Å². The average molecular weight is 380 g/mol. The van der Waals surface area contributed by atoms with Crippen molar-refractivity contribution in [3.8, 4) is 0 Å². The second-order valence-electron chi connectivity index (χ2n) is 7.87. The van der Waals surface area contributed by atoms with Crippen molar-refractivity contribution < 1.29 is 13.6 Å². The summed E-state index contributed by atoms with van der Waals surface area (Å²) in [6.07, 6.45) is 9.92. The maximum Gasteiger partial charge on any atom is 0.255 e. The summed E-state index contributed by atoms with van der Waals surface area (Å²) in [5.74, 6) is -3.85. The molecule has 0 unspecified atom stereocenters. The Morgan fingerprint density at radius 3 is 2.19 bits per heavy atom. The van der Waals surface area contributed by atoms with Gasteiger partial charge in [0.1, 0.15) is 6.29 Å². The zero-order chi connectivity index (χ0) is 19.5. The lowest BCUT2D eigenvalue weighted by molar-refractivity contribution is -0.111. The first-order valence-electron chi connectivity index (χ1n) is 10.7. The number of alkyl halides is 2. The predicted molar refractivity (Wildman–Crippen MR) is 109 cm³/mol. The molecule has 0 amide bonds. The van der Waals surface area contributed by atoms with Gasteiger partial charge in [0.05, 0.1) is 5.92 Å². The third-order valence-electron chi connectivity index (χ3n) is 5.72. The number of aldehydes is 1. The van der Waals surface area contributed by atoms with Gasteiger partial charge >= 0.3 is 0 Å². The average Bonchev–Trinajstić information content (AvgIpc) is 3.20. The van der Waals surface area contributed by atoms with E-state index in [0.29, 0.717) is 18.3 Å². The van der Waals surface area contributed by atoms with E-state index in [0.717, 1.165) is 38.0 Å². The van der Waals surface area contributed by atoms with Crippen molar-refractivity contribution in [3.63, 3.8) is 0 Å². The molecule has 152 valence electrons. The van der Waals surface area contributed by atoms with E-state index in [2.05, 4.69) is 11.8 Å². The largest absolute Gasteiger partial charge is 0.372 e. The van der Waals surface area contributed by atoms with Gasteiger partial charge in [-0.05, 0) is 37.0 Å². The summed E-state index contributed by atoms with van der Waals surface area (Å²) in [4.78, 5) is 13.3. The van der Waals surface area contributed by atoms with E-state index in [1.807, 2.05) is 12.1 Å². The molecule has 0 radical (unpaired) electrons. The third kappa shape index (κ3) is 6.90. The van der Waals surface area contributed by atoms with Crippen LogP contribution in [0.2, 0.25) is 0 Å². The molecule has 1 aliphatic rings. The van der Waals surface area contributed by atoms with Crippen molar-refractivity contribution >= 4 is 12.0 Å². The van der Waals surface area contributed by atoms with Gasteiger partial charge in [0.25, 0.3) is 5.92 Å². The Balaban J connectivity index is 1.90. The Morgan fingerprint density at radius 1 is 1.00 bits per heavy atom. The van der Waals surface area contributed by atoms with Gasteiger partial charge in [0, 0.05) is 31.6 Å². The standard InChI is InChI=1S/C23H35F2NO/c1-2-3-4-5-6-7-8-16-23(24,25)22(15-19-27)20-11-13-21(14-12-20)26-17-9-10-18-26/h11-14,19,22H,2-10,15-18H2,1H3/t22-/m1/s1. The third-order valence-corrected chi connectivity index (χ3v) is 5.72. The molecular weight excluding hydrogens is 344 g/mol. The van der Waals surface area contributed by atoms with Crippen molar-refractivity contribution in [1.29, 1.82) is 0 Å². The molecule has 0 saturated carbocycles. The van der Waals surface area contributed by atoms with Gasteiger partial charge in [-0.3, -0.25) is 0 Å². The molecule has 0 spiro atoms. The molecule has 0 N–H and O–H groups in total. The fraction of sp³-hybridized carbons (Fsp3) is 0.696. The molecule has 0 aliphatic carbocycles. The van der Waals surface area contributed by atoms with Crippen LogP contribution in [0.25, 0.3) is 0 Å². The maximum absolute atomic E-state index is 14.8. The van der Waals surface area contributed by atoms with Crippen LogP contribution in [0, 0.1) is 0 Å². The van der Waals surface area contributed by atoms with Crippen molar-refractivity contribution in [2.24, 2.45) is 0 Å². The second kappa shape index (κ2) is 11.4. The number of carbonyl (C=O) groups is 1. The van der Waals surface area contributed by atoms with Crippen LogP contribution in [-0.2, 0) is 4.79 Å². The van der Waals surface area contributed by atoms with E-state index in [1.54, 1.807) is 12.1 Å². The molecule has 1 fully saturated rings. The zero-order valence-electron chi connectivity index (χ0n) is 16.8. The molecule has 1 heterocycles. The molecule has 4 heteroatoms. The first-order valence-corrected chi connectivity index (χ1v) is 10.7. The molecule has 2 nitrogen and oxygen atoms in total. The Morgan fingerprint density at radius 2 is 1.59 bits per heavy atom. The lowest BCUT2D eigenvalue weighted by Gasteiger charge is -2.27. The molecule has 2 rings (SSSR count). The summed E-state index contributed by atoms with van der Waals surface area (Å²) in [7, 11) is 0. The van der Waals surface area contributed by atoms with Crippen LogP contribution < -0.4 is 4.90 Å². The molecule has 1 saturated heterocycles. The number of hydrogen-bond donors (Lipinski definition) is 0. The van der Waals surface area contributed by atoms with E-state index in [1.165, 1.54) is 32.1 Å². The summed E-state index contributed by atoms with van der Waals surface area (Å²) in [6, 6.07) is 7.45. The highest BCUT2D eigenvalue weighted by Crippen LogP contribution is 2.40. The topological polar surface area (TPSA) is 20.3 Å². The van der Waals surface area contributed by atoms with Crippen molar-refractivity contribution in [3.05, 3.63) is 29.8 Å². The molecule has 27 heavy (non-hydrogen) atoms. The van der Waals surface area contributed by atoms with Crippen molar-refractivity contribution in [2.45, 2.75) is 89.4 Å². The molecule has 1 aromatic rings. The van der Waals surface area contributed by atoms with E-state index in [-0.39, 0.29) is 12.8 Å². The van der Waals surface area contributed by atoms with Crippen LogP contribution >= 0.6 is 0 Å². The van der Waals surface area contributed by atoms with E-state index in [9.17, 15) is 13.6 Å². The van der Waals surface area contributed by atoms with Crippen LogP contribution in [0.15, 0.2) is 24.3 Å². The van der Waals surface area contributed by atoms with Crippen LogP contribution in [0.3, 0.4) is 0 Å². The van der Waals surface area contributed by atoms with E-state index >= 15 is 0 Å². The minimum Gasteiger partial charge on any atom is -0.372 e. The number of unbranched alkanes of at least 4 members (excludes halogenated alkanes) is 6. The summed E-state index contributed by atoms with van der Waals surface area (Å²) < 4.78 is 29.6. The highest BCUT2D eigenvalue weighted by Gasteiger charge is 2.39. The van der Waals surface area contributed by atoms with E-state index in [4.69, 9.17) is 0 Å². The Labute approximate surface area is 163 Å². The van der Waals surface area contributed by atoms with Gasteiger partial charge in [-0.25, -0.2) is 8.78 Å². The smallest absolute Gasteiger partial charge is 0.255 e. The van der Waals surface area contributed by atoms with Gasteiger partial charge in [0.2, 0.25) is 0 Å². The summed E-state index contributed by atoms with van der Waals surface area (Å²) in [5, 5.41) is 0. The van der Waals surface area contributed by atoms with Gasteiger partial charge in [-0.2, -0.15) is 0 Å². The fourth-order valence-electron chi connectivity index (χ4n) is 4.03. The summed E-state index contributed by atoms with van der Waals surface area (Å²) in [6.45, 7) is 4.24. The number of carbonyl (C=O) groups excluding carboxylic acids is 1. The molecule has 1 aliphatic heterocycles. The minimum absolute atomic E-state index is 0.118. The number of anilines is 1. The number of hydrogen-bond acceptors (Lipinski definition) is 2. The molecule has 0 aromatic heterocycles. The van der Waals surface area contributed by atoms with Crippen LogP contribution in [0.4, 0.5) is 14.5 Å². The molecule has 0 bridgehead atoms. The molecular formula is C23H35F2NO. The monoisotopic (exact) mass is 379 g/mol. The second-order valence-corrected chi connectivity index (χ2v) is 7.87. The normalized spacial score (nSPS) is 15.9. The van der Waals surface area contributed by atoms with Crippen molar-refractivity contribution in [2.75, 3.05) is 18.0 Å². The summed E-state index contributed by atoms with van der Waals surface area (Å²) in [5.41, 5.74) is 1.68. The Kier molecular flexibility index (Phi) is 9.23. The number of rotatable bonds is 13. The number of halogens is 2. The van der Waals surface area contributed by atoms with Gasteiger partial charge in [-0.1, -0.05) is 57.6 Å². The highest BCUT2D eigenvalue weighted by atomic mass is 19.3. The zero-order valence-corrected chi connectivity index (χ0v) is 16.8. The predicted octanol–water partition coefficient (Wildman–Crippen LogP) is 6.74. The highest BCUT2D eigenvalue weighted by molar-refractivity contribution is 5.54. The Bertz CT molecular complexity index is 538. The first kappa shape index (κ1) is 21.8. The van der Waals surface area contributed by atoms with Gasteiger partial charge < -0.3 is 9.69 Å². The number of benzene rings is 1. The first-order chi connectivity index (χ1) is 13.1. The van der Waals surface area contributed by atoms with E-state index < -0.39 is 11.8 Å². The van der Waals surface area contributed by atoms with Crippen LogP contribution in [0.5, 0.6) is 0 Å². The SMILES string of the molecule is CCCCCCCCCC(F)(F)[C@H](CC=O)c1ccc(N2CCCC2)cc1. The molecule has 1 aromatic carbocycles. The van der Waals surface area contributed by atoms with Gasteiger partial charge in [-0.15, -0.1) is 0 Å². The summed E-state index contributed by atoms with van der Waals surface area (Å²) >= 11 is 0. The Hall–Kier alpha value is -1.45. The quantitative estimate of drug-likeness (QED) is 0.279. The minimum atomic E-state index is -2.83. The fourth-order valence-corrected chi connectivity index (χ4v) is 4.03. The lowest BCUT2D eigenvalue weighted by atomic mass is 9.87. The van der Waals surface area contributed by atoms with Gasteiger partial charge in [0.15, 0.2) is 0 Å². The maximum atomic E-state index is 14.8. The van der Waals surface area contributed by atoms with Crippen molar-refractivity contribution in [1.82, 2.24) is 0 Å².